The fourth-order valence-corrected chi connectivity index (χ4v) is 4.71. The number of aryl methyl sites for hydroxylation is 1. The molecule has 1 aliphatic rings. The normalized spacial score (nSPS) is 21.0. The predicted octanol–water partition coefficient (Wildman–Crippen LogP) is 2.91. The van der Waals surface area contributed by atoms with Gasteiger partial charge in [-0.05, 0) is 44.4 Å². The van der Waals surface area contributed by atoms with Gasteiger partial charge in [0.1, 0.15) is 5.78 Å². The van der Waals surface area contributed by atoms with Gasteiger partial charge in [0, 0.05) is 19.0 Å². The Morgan fingerprint density at radius 1 is 1.29 bits per heavy atom. The van der Waals surface area contributed by atoms with Gasteiger partial charge < -0.3 is 0 Å². The summed E-state index contributed by atoms with van der Waals surface area (Å²) in [6.45, 7) is 3.92. The lowest BCUT2D eigenvalue weighted by Gasteiger charge is -2.28. The minimum Gasteiger partial charge on any atom is -0.300 e. The van der Waals surface area contributed by atoms with Gasteiger partial charge in [0.15, 0.2) is 0 Å². The van der Waals surface area contributed by atoms with Crippen molar-refractivity contribution in [3.8, 4) is 0 Å². The Balaban J connectivity index is 2.36. The number of benzene rings is 1. The van der Waals surface area contributed by atoms with Crippen LogP contribution in [0.2, 0.25) is 0 Å². The van der Waals surface area contributed by atoms with E-state index < -0.39 is 10.0 Å². The van der Waals surface area contributed by atoms with Crippen LogP contribution in [0, 0.1) is 6.92 Å². The van der Waals surface area contributed by atoms with Crippen LogP contribution in [0.3, 0.4) is 0 Å². The van der Waals surface area contributed by atoms with E-state index in [0.29, 0.717) is 17.9 Å². The average molecular weight is 309 g/mol. The molecule has 0 spiro atoms. The number of ketones is 1. The lowest BCUT2D eigenvalue weighted by Crippen LogP contribution is -2.40. The smallest absolute Gasteiger partial charge is 0.243 e. The molecule has 0 N–H and O–H groups in total. The van der Waals surface area contributed by atoms with Gasteiger partial charge in [-0.1, -0.05) is 25.0 Å². The van der Waals surface area contributed by atoms with E-state index in [-0.39, 0.29) is 11.8 Å². The third kappa shape index (κ3) is 3.92. The zero-order chi connectivity index (χ0) is 15.5. The quantitative estimate of drug-likeness (QED) is 0.859. The van der Waals surface area contributed by atoms with E-state index in [2.05, 4.69) is 0 Å². The molecule has 1 atom stereocenters. The fourth-order valence-electron chi connectivity index (χ4n) is 2.91. The molecular formula is C16H23NO3S. The monoisotopic (exact) mass is 309 g/mol. The summed E-state index contributed by atoms with van der Waals surface area (Å²) in [5.41, 5.74) is 0.925. The summed E-state index contributed by atoms with van der Waals surface area (Å²) < 4.78 is 27.3. The maximum absolute atomic E-state index is 12.9. The third-order valence-corrected chi connectivity index (χ3v) is 5.89. The first-order chi connectivity index (χ1) is 9.91. The van der Waals surface area contributed by atoms with Crippen LogP contribution in [-0.2, 0) is 14.8 Å². The first-order valence-corrected chi connectivity index (χ1v) is 8.93. The van der Waals surface area contributed by atoms with Gasteiger partial charge in [0.2, 0.25) is 10.0 Å². The Hall–Kier alpha value is -1.20. The molecule has 1 unspecified atom stereocenters. The number of sulfonamides is 1. The summed E-state index contributed by atoms with van der Waals surface area (Å²) in [6.07, 6.45) is 3.95. The van der Waals surface area contributed by atoms with Crippen molar-refractivity contribution in [1.82, 2.24) is 4.31 Å². The van der Waals surface area contributed by atoms with Crippen LogP contribution in [0.25, 0.3) is 0 Å². The lowest BCUT2D eigenvalue weighted by molar-refractivity contribution is -0.117. The molecular weight excluding hydrogens is 286 g/mol. The van der Waals surface area contributed by atoms with E-state index >= 15 is 0 Å². The van der Waals surface area contributed by atoms with E-state index in [9.17, 15) is 13.2 Å². The van der Waals surface area contributed by atoms with Crippen molar-refractivity contribution in [1.29, 1.82) is 0 Å². The number of carbonyl (C=O) groups excluding carboxylic acids is 1. The van der Waals surface area contributed by atoms with Crippen molar-refractivity contribution >= 4 is 15.8 Å². The molecule has 1 aliphatic heterocycles. The van der Waals surface area contributed by atoms with Gasteiger partial charge in [-0.25, -0.2) is 8.42 Å². The molecule has 1 saturated heterocycles. The zero-order valence-electron chi connectivity index (χ0n) is 12.7. The standard InChI is InChI=1S/C16H23NO3S/c1-13-7-6-9-16(11-13)21(19,20)17-10-5-3-4-8-15(17)12-14(2)18/h6-7,9,11,15H,3-5,8,10,12H2,1-2H3. The van der Waals surface area contributed by atoms with Crippen molar-refractivity contribution in [2.75, 3.05) is 6.54 Å². The second kappa shape index (κ2) is 6.71. The highest BCUT2D eigenvalue weighted by atomic mass is 32.2. The third-order valence-electron chi connectivity index (χ3n) is 3.94. The van der Waals surface area contributed by atoms with E-state index in [1.165, 1.54) is 6.92 Å². The molecule has 1 fully saturated rings. The van der Waals surface area contributed by atoms with Crippen molar-refractivity contribution in [3.05, 3.63) is 29.8 Å². The van der Waals surface area contributed by atoms with Crippen molar-refractivity contribution in [3.63, 3.8) is 0 Å². The van der Waals surface area contributed by atoms with Crippen molar-refractivity contribution < 1.29 is 13.2 Å². The fraction of sp³-hybridized carbons (Fsp3) is 0.562. The van der Waals surface area contributed by atoms with Crippen LogP contribution in [0.1, 0.15) is 44.6 Å². The maximum atomic E-state index is 12.9. The van der Waals surface area contributed by atoms with Gasteiger partial charge in [-0.2, -0.15) is 4.31 Å². The molecule has 0 aliphatic carbocycles. The molecule has 0 aromatic heterocycles. The van der Waals surface area contributed by atoms with Gasteiger partial charge in [-0.3, -0.25) is 4.79 Å². The molecule has 0 bridgehead atoms. The molecule has 1 aromatic carbocycles. The highest BCUT2D eigenvalue weighted by molar-refractivity contribution is 7.89. The summed E-state index contributed by atoms with van der Waals surface area (Å²) >= 11 is 0. The van der Waals surface area contributed by atoms with Crippen LogP contribution in [0.4, 0.5) is 0 Å². The largest absolute Gasteiger partial charge is 0.300 e. The Morgan fingerprint density at radius 3 is 2.71 bits per heavy atom. The molecule has 5 heteroatoms. The molecule has 0 radical (unpaired) electrons. The van der Waals surface area contributed by atoms with Crippen molar-refractivity contribution in [2.45, 2.75) is 56.9 Å². The number of hydrogen-bond acceptors (Lipinski definition) is 3. The molecule has 4 nitrogen and oxygen atoms in total. The van der Waals surface area contributed by atoms with E-state index in [1.54, 1.807) is 22.5 Å². The van der Waals surface area contributed by atoms with Crippen molar-refractivity contribution in [2.24, 2.45) is 0 Å². The Bertz CT molecular complexity index is 610. The number of carbonyl (C=O) groups is 1. The van der Waals surface area contributed by atoms with Gasteiger partial charge in [-0.15, -0.1) is 0 Å². The first kappa shape index (κ1) is 16.2. The van der Waals surface area contributed by atoms with Crippen LogP contribution in [0.5, 0.6) is 0 Å². The minimum atomic E-state index is -3.52. The topological polar surface area (TPSA) is 54.5 Å². The zero-order valence-corrected chi connectivity index (χ0v) is 13.5. The molecule has 2 rings (SSSR count). The van der Waals surface area contributed by atoms with E-state index in [1.807, 2.05) is 13.0 Å². The summed E-state index contributed by atoms with van der Waals surface area (Å²) in [7, 11) is -3.52. The van der Waals surface area contributed by atoms with Crippen LogP contribution < -0.4 is 0 Å². The van der Waals surface area contributed by atoms with Gasteiger partial charge in [0.25, 0.3) is 0 Å². The average Bonchev–Trinajstić information content (AvgIpc) is 2.64. The Kier molecular flexibility index (Phi) is 5.17. The summed E-state index contributed by atoms with van der Waals surface area (Å²) in [5, 5.41) is 0. The van der Waals surface area contributed by atoms with E-state index in [4.69, 9.17) is 0 Å². The van der Waals surface area contributed by atoms with E-state index in [0.717, 1.165) is 31.2 Å². The number of nitrogens with zero attached hydrogens (tertiary/aromatic N) is 1. The van der Waals surface area contributed by atoms with Crippen LogP contribution >= 0.6 is 0 Å². The summed E-state index contributed by atoms with van der Waals surface area (Å²) in [6, 6.07) is 6.79. The van der Waals surface area contributed by atoms with Crippen LogP contribution in [-0.4, -0.2) is 31.1 Å². The highest BCUT2D eigenvalue weighted by Crippen LogP contribution is 2.27. The number of hydrogen-bond donors (Lipinski definition) is 0. The van der Waals surface area contributed by atoms with Gasteiger partial charge >= 0.3 is 0 Å². The molecule has 116 valence electrons. The summed E-state index contributed by atoms with van der Waals surface area (Å²) in [5.74, 6) is 0.0475. The minimum absolute atomic E-state index is 0.0475. The second-order valence-electron chi connectivity index (χ2n) is 5.84. The first-order valence-electron chi connectivity index (χ1n) is 7.49. The Morgan fingerprint density at radius 2 is 2.05 bits per heavy atom. The molecule has 1 heterocycles. The second-order valence-corrected chi connectivity index (χ2v) is 7.73. The molecule has 1 aromatic rings. The maximum Gasteiger partial charge on any atom is 0.243 e. The molecule has 21 heavy (non-hydrogen) atoms. The number of rotatable bonds is 4. The predicted molar refractivity (Wildman–Crippen MR) is 82.6 cm³/mol. The molecule has 0 amide bonds. The highest BCUT2D eigenvalue weighted by Gasteiger charge is 2.32. The summed E-state index contributed by atoms with van der Waals surface area (Å²) in [4.78, 5) is 11.8. The Labute approximate surface area is 127 Å². The van der Waals surface area contributed by atoms with Gasteiger partial charge in [0.05, 0.1) is 4.90 Å². The molecule has 0 saturated carbocycles. The SMILES string of the molecule is CC(=O)CC1CCCCCN1S(=O)(=O)c1cccc(C)c1. The van der Waals surface area contributed by atoms with Crippen LogP contribution in [0.15, 0.2) is 29.2 Å². The number of Topliss-reactive ketones (excluding diaryl/α,β-unsaturated/α-hetero) is 1. The lowest BCUT2D eigenvalue weighted by atomic mass is 10.1.